The number of aromatic nitrogens is 2. The summed E-state index contributed by atoms with van der Waals surface area (Å²) in [6.07, 6.45) is -0.663. The van der Waals surface area contributed by atoms with Crippen LogP contribution in [0.2, 0.25) is 0 Å². The van der Waals surface area contributed by atoms with E-state index in [0.717, 1.165) is 5.56 Å². The zero-order chi connectivity index (χ0) is 24.1. The molecular weight excluding hydrogens is 435 g/mol. The minimum absolute atomic E-state index is 0.0296. The number of rotatable bonds is 6. The summed E-state index contributed by atoms with van der Waals surface area (Å²) in [5.74, 6) is 0.149. The highest BCUT2D eigenvalue weighted by atomic mass is 19.1. The van der Waals surface area contributed by atoms with Gasteiger partial charge in [0.25, 0.3) is 5.91 Å². The average molecular weight is 461 g/mol. The molecule has 34 heavy (non-hydrogen) atoms. The van der Waals surface area contributed by atoms with Crippen molar-refractivity contribution in [1.29, 1.82) is 5.26 Å². The summed E-state index contributed by atoms with van der Waals surface area (Å²) >= 11 is 0. The smallest absolute Gasteiger partial charge is 0.251 e. The molecule has 9 heteroatoms. The summed E-state index contributed by atoms with van der Waals surface area (Å²) in [6, 6.07) is 17.6. The first-order chi connectivity index (χ1) is 16.5. The number of anilines is 2. The molecule has 0 unspecified atom stereocenters. The Morgan fingerprint density at radius 1 is 1.24 bits per heavy atom. The van der Waals surface area contributed by atoms with Gasteiger partial charge in [-0.3, -0.25) is 4.79 Å². The van der Waals surface area contributed by atoms with Crippen LogP contribution in [-0.4, -0.2) is 48.2 Å². The number of carbonyl (C=O) groups is 1. The van der Waals surface area contributed by atoms with Crippen LogP contribution in [-0.2, 0) is 16.1 Å². The van der Waals surface area contributed by atoms with Crippen molar-refractivity contribution in [3.8, 4) is 17.3 Å². The number of nitriles is 1. The molecule has 0 aliphatic carbocycles. The molecule has 3 aromatic rings. The van der Waals surface area contributed by atoms with E-state index in [0.29, 0.717) is 42.7 Å². The molecule has 8 nitrogen and oxygen atoms in total. The first-order valence-electron chi connectivity index (χ1n) is 10.9. The fraction of sp³-hybridized carbons (Fsp3) is 0.280. The predicted molar refractivity (Wildman–Crippen MR) is 127 cm³/mol. The Labute approximate surface area is 197 Å². The number of nitrogens with zero attached hydrogens (tertiary/aromatic N) is 4. The molecule has 2 N–H and O–H groups in total. The van der Waals surface area contributed by atoms with Gasteiger partial charge in [-0.2, -0.15) is 10.2 Å². The van der Waals surface area contributed by atoms with Crippen LogP contribution in [0.25, 0.3) is 11.3 Å². The molecule has 4 rings (SSSR count). The van der Waals surface area contributed by atoms with Gasteiger partial charge in [0, 0.05) is 25.2 Å². The van der Waals surface area contributed by atoms with Crippen LogP contribution in [0.4, 0.5) is 16.2 Å². The van der Waals surface area contributed by atoms with E-state index in [-0.39, 0.29) is 17.5 Å². The quantitative estimate of drug-likeness (QED) is 0.583. The number of benzene rings is 2. The van der Waals surface area contributed by atoms with Gasteiger partial charge in [-0.1, -0.05) is 36.4 Å². The van der Waals surface area contributed by atoms with Gasteiger partial charge >= 0.3 is 0 Å². The normalized spacial score (nSPS) is 17.6. The van der Waals surface area contributed by atoms with Crippen molar-refractivity contribution in [3.05, 3.63) is 71.5 Å². The number of hydrogen-bond acceptors (Lipinski definition) is 7. The molecule has 2 aromatic carbocycles. The number of hydrogen-bond donors (Lipinski definition) is 2. The minimum atomic E-state index is -0.663. The summed E-state index contributed by atoms with van der Waals surface area (Å²) in [7, 11) is 1.70. The Bertz CT molecular complexity index is 1210. The van der Waals surface area contributed by atoms with Gasteiger partial charge in [-0.05, 0) is 24.6 Å². The van der Waals surface area contributed by atoms with E-state index in [1.165, 1.54) is 12.1 Å². The van der Waals surface area contributed by atoms with Crippen LogP contribution in [0.3, 0.4) is 0 Å². The van der Waals surface area contributed by atoms with Gasteiger partial charge in [0.15, 0.2) is 6.10 Å². The van der Waals surface area contributed by atoms with Crippen molar-refractivity contribution in [2.45, 2.75) is 25.6 Å². The molecule has 0 saturated carbocycles. The maximum Gasteiger partial charge on any atom is 0.251 e. The fourth-order valence-corrected chi connectivity index (χ4v) is 3.74. The highest BCUT2D eigenvalue weighted by Gasteiger charge is 2.32. The molecule has 1 aliphatic rings. The zero-order valence-corrected chi connectivity index (χ0v) is 19.0. The summed E-state index contributed by atoms with van der Waals surface area (Å²) < 4.78 is 20.0. The van der Waals surface area contributed by atoms with E-state index in [1.807, 2.05) is 48.2 Å². The van der Waals surface area contributed by atoms with Crippen molar-refractivity contribution in [2.24, 2.45) is 0 Å². The van der Waals surface area contributed by atoms with E-state index in [2.05, 4.69) is 20.6 Å². The summed E-state index contributed by atoms with van der Waals surface area (Å²) in [6.45, 7) is 3.06. The number of halogens is 1. The third-order valence-electron chi connectivity index (χ3n) is 5.65. The molecular formula is C25H25FN6O2. The first kappa shape index (κ1) is 23.1. The fourth-order valence-electron chi connectivity index (χ4n) is 3.74. The van der Waals surface area contributed by atoms with Gasteiger partial charge in [-0.25, -0.2) is 9.37 Å². The van der Waals surface area contributed by atoms with E-state index >= 15 is 0 Å². The molecule has 0 spiro atoms. The van der Waals surface area contributed by atoms with Crippen molar-refractivity contribution in [3.63, 3.8) is 0 Å². The van der Waals surface area contributed by atoms with Gasteiger partial charge in [-0.15, -0.1) is 0 Å². The van der Waals surface area contributed by atoms with Crippen LogP contribution >= 0.6 is 0 Å². The Hall–Kier alpha value is -4.03. The zero-order valence-electron chi connectivity index (χ0n) is 19.0. The van der Waals surface area contributed by atoms with Crippen LogP contribution in [0, 0.1) is 17.1 Å². The number of carbonyl (C=O) groups excluding carboxylic acids is 1. The number of nitrogens with one attached hydrogen (secondary N) is 2. The number of ether oxygens (including phenoxy) is 1. The highest BCUT2D eigenvalue weighted by Crippen LogP contribution is 2.27. The lowest BCUT2D eigenvalue weighted by molar-refractivity contribution is -0.134. The second-order valence-electron chi connectivity index (χ2n) is 8.02. The Kier molecular flexibility index (Phi) is 6.99. The van der Waals surface area contributed by atoms with Gasteiger partial charge in [0.2, 0.25) is 5.95 Å². The standard InChI is InChI=1S/C25H25FN6O2/c1-16-15-34-22(24(33)29-13-17-6-4-3-5-7-17)14-32(16)23-11-21(30-25(28-2)31-23)18-8-9-19(12-27)20(26)10-18/h3-11,16,22H,13-15H2,1-2H3,(H,29,33)(H,28,30,31)/t16-,22+/m1/s1. The molecule has 1 aliphatic heterocycles. The molecule has 1 amide bonds. The maximum absolute atomic E-state index is 14.2. The van der Waals surface area contributed by atoms with Crippen molar-refractivity contribution < 1.29 is 13.9 Å². The van der Waals surface area contributed by atoms with Crippen molar-refractivity contribution >= 4 is 17.7 Å². The van der Waals surface area contributed by atoms with Crippen LogP contribution in [0.1, 0.15) is 18.1 Å². The van der Waals surface area contributed by atoms with Crippen LogP contribution in [0.15, 0.2) is 54.6 Å². The predicted octanol–water partition coefficient (Wildman–Crippen LogP) is 3.11. The highest BCUT2D eigenvalue weighted by molar-refractivity contribution is 5.82. The Balaban J connectivity index is 1.56. The maximum atomic E-state index is 14.2. The van der Waals surface area contributed by atoms with Crippen LogP contribution in [0.5, 0.6) is 0 Å². The van der Waals surface area contributed by atoms with Crippen LogP contribution < -0.4 is 15.5 Å². The molecule has 2 heterocycles. The molecule has 1 fully saturated rings. The molecule has 0 radical (unpaired) electrons. The molecule has 174 valence electrons. The van der Waals surface area contributed by atoms with E-state index in [4.69, 9.17) is 10.00 Å². The van der Waals surface area contributed by atoms with E-state index in [1.54, 1.807) is 19.2 Å². The van der Waals surface area contributed by atoms with Gasteiger partial charge in [0.05, 0.1) is 30.5 Å². The lowest BCUT2D eigenvalue weighted by Gasteiger charge is -2.38. The SMILES string of the molecule is CNc1nc(-c2ccc(C#N)c(F)c2)cc(N2C[C@@H](C(=O)NCc3ccccc3)OC[C@H]2C)n1. The van der Waals surface area contributed by atoms with Crippen molar-refractivity contribution in [2.75, 3.05) is 30.4 Å². The average Bonchev–Trinajstić information content (AvgIpc) is 2.87. The monoisotopic (exact) mass is 460 g/mol. The van der Waals surface area contributed by atoms with Gasteiger partial charge < -0.3 is 20.3 Å². The molecule has 0 bridgehead atoms. The molecule has 1 saturated heterocycles. The number of amides is 1. The minimum Gasteiger partial charge on any atom is -0.364 e. The second kappa shape index (κ2) is 10.3. The van der Waals surface area contributed by atoms with E-state index in [9.17, 15) is 9.18 Å². The molecule has 2 atom stereocenters. The topological polar surface area (TPSA) is 103 Å². The lowest BCUT2D eigenvalue weighted by Crippen LogP contribution is -2.54. The Morgan fingerprint density at radius 2 is 2.03 bits per heavy atom. The summed E-state index contributed by atoms with van der Waals surface area (Å²) in [5.41, 5.74) is 2.00. The second-order valence-corrected chi connectivity index (χ2v) is 8.02. The molecule has 1 aromatic heterocycles. The van der Waals surface area contributed by atoms with E-state index < -0.39 is 11.9 Å². The van der Waals surface area contributed by atoms with Gasteiger partial charge in [0.1, 0.15) is 17.7 Å². The first-order valence-corrected chi connectivity index (χ1v) is 10.9. The lowest BCUT2D eigenvalue weighted by atomic mass is 10.1. The third kappa shape index (κ3) is 5.13. The summed E-state index contributed by atoms with van der Waals surface area (Å²) in [4.78, 5) is 23.8. The summed E-state index contributed by atoms with van der Waals surface area (Å²) in [5, 5.41) is 14.9. The third-order valence-corrected chi connectivity index (χ3v) is 5.65. The number of morpholine rings is 1. The largest absolute Gasteiger partial charge is 0.364 e. The Morgan fingerprint density at radius 3 is 2.74 bits per heavy atom. The van der Waals surface area contributed by atoms with Crippen molar-refractivity contribution in [1.82, 2.24) is 15.3 Å².